The second kappa shape index (κ2) is 6.10. The molecular weight excluding hydrogens is 283 g/mol. The molecule has 19 heavy (non-hydrogen) atoms. The lowest BCUT2D eigenvalue weighted by Crippen LogP contribution is -2.37. The maximum absolute atomic E-state index is 12.1. The molecule has 0 aromatic carbocycles. The van der Waals surface area contributed by atoms with Crippen LogP contribution >= 0.6 is 23.2 Å². The van der Waals surface area contributed by atoms with Crippen molar-refractivity contribution in [2.24, 2.45) is 5.41 Å². The van der Waals surface area contributed by atoms with Crippen molar-refractivity contribution in [3.05, 3.63) is 28.0 Å². The van der Waals surface area contributed by atoms with E-state index >= 15 is 0 Å². The van der Waals surface area contributed by atoms with Crippen LogP contribution in [0.1, 0.15) is 49.4 Å². The average molecular weight is 301 g/mol. The van der Waals surface area contributed by atoms with Gasteiger partial charge < -0.3 is 5.32 Å². The van der Waals surface area contributed by atoms with Gasteiger partial charge in [-0.2, -0.15) is 0 Å². The van der Waals surface area contributed by atoms with Crippen LogP contribution in [-0.4, -0.2) is 17.4 Å². The second-order valence-corrected chi connectivity index (χ2v) is 6.34. The first-order chi connectivity index (χ1) is 9.00. The predicted molar refractivity (Wildman–Crippen MR) is 77.8 cm³/mol. The number of aromatic nitrogens is 1. The molecule has 104 valence electrons. The van der Waals surface area contributed by atoms with Gasteiger partial charge in [0.15, 0.2) is 0 Å². The van der Waals surface area contributed by atoms with Crippen molar-refractivity contribution in [3.8, 4) is 0 Å². The number of hydrogen-bond acceptors (Lipinski definition) is 2. The normalized spacial score (nSPS) is 18.1. The Labute approximate surface area is 123 Å². The molecule has 0 atom stereocenters. The van der Waals surface area contributed by atoms with Crippen LogP contribution in [-0.2, 0) is 0 Å². The number of amides is 1. The van der Waals surface area contributed by atoms with Crippen molar-refractivity contribution in [2.75, 3.05) is 6.54 Å². The number of pyridine rings is 1. The fourth-order valence-corrected chi connectivity index (χ4v) is 2.91. The second-order valence-electron chi connectivity index (χ2n) is 5.54. The van der Waals surface area contributed by atoms with Crippen LogP contribution in [0, 0.1) is 5.41 Å². The first kappa shape index (κ1) is 14.6. The van der Waals surface area contributed by atoms with Crippen LogP contribution in [0.3, 0.4) is 0 Å². The molecule has 3 nitrogen and oxygen atoms in total. The summed E-state index contributed by atoms with van der Waals surface area (Å²) in [6.07, 6.45) is 7.52. The number of rotatable bonds is 3. The van der Waals surface area contributed by atoms with E-state index < -0.39 is 0 Å². The third-order valence-electron chi connectivity index (χ3n) is 3.80. The fourth-order valence-electron chi connectivity index (χ4n) is 2.56. The summed E-state index contributed by atoms with van der Waals surface area (Å²) >= 11 is 11.8. The largest absolute Gasteiger partial charge is 0.351 e. The van der Waals surface area contributed by atoms with Crippen molar-refractivity contribution in [1.82, 2.24) is 10.3 Å². The van der Waals surface area contributed by atoms with Crippen molar-refractivity contribution >= 4 is 29.1 Å². The minimum atomic E-state index is -0.180. The van der Waals surface area contributed by atoms with Crippen LogP contribution in [0.4, 0.5) is 0 Å². The molecule has 1 aromatic rings. The Morgan fingerprint density at radius 2 is 2.05 bits per heavy atom. The standard InChI is InChI=1S/C14H18Cl2N2O/c1-14(5-3-2-4-6-14)9-18-13(19)10-7-12(16)17-8-11(10)15/h7-8H,2-6,9H2,1H3,(H,18,19). The molecule has 1 heterocycles. The van der Waals surface area contributed by atoms with Gasteiger partial charge in [-0.15, -0.1) is 0 Å². The Kier molecular flexibility index (Phi) is 4.69. The Morgan fingerprint density at radius 1 is 1.37 bits per heavy atom. The Morgan fingerprint density at radius 3 is 2.74 bits per heavy atom. The molecule has 2 rings (SSSR count). The molecule has 1 amide bonds. The summed E-state index contributed by atoms with van der Waals surface area (Å²) in [6.45, 7) is 2.91. The molecule has 5 heteroatoms. The Bertz CT molecular complexity index is 471. The van der Waals surface area contributed by atoms with E-state index in [0.717, 1.165) is 12.8 Å². The monoisotopic (exact) mass is 300 g/mol. The van der Waals surface area contributed by atoms with Crippen LogP contribution in [0.2, 0.25) is 10.2 Å². The molecule has 1 aliphatic carbocycles. The highest BCUT2D eigenvalue weighted by atomic mass is 35.5. The molecule has 0 spiro atoms. The SMILES string of the molecule is CC1(CNC(=O)c2cc(Cl)ncc2Cl)CCCCC1. The van der Waals surface area contributed by atoms with Crippen LogP contribution < -0.4 is 5.32 Å². The van der Waals surface area contributed by atoms with Gasteiger partial charge in [-0.3, -0.25) is 4.79 Å². The third kappa shape index (κ3) is 3.83. The summed E-state index contributed by atoms with van der Waals surface area (Å²) in [5.41, 5.74) is 0.595. The molecule has 0 aliphatic heterocycles. The van der Waals surface area contributed by atoms with Gasteiger partial charge in [-0.05, 0) is 24.3 Å². The smallest absolute Gasteiger partial charge is 0.252 e. The zero-order chi connectivity index (χ0) is 13.9. The number of nitrogens with one attached hydrogen (secondary N) is 1. The summed E-state index contributed by atoms with van der Waals surface area (Å²) < 4.78 is 0. The molecule has 1 aliphatic rings. The summed E-state index contributed by atoms with van der Waals surface area (Å²) in [7, 11) is 0. The maximum Gasteiger partial charge on any atom is 0.252 e. The Balaban J connectivity index is 1.99. The molecule has 0 radical (unpaired) electrons. The minimum Gasteiger partial charge on any atom is -0.351 e. The lowest BCUT2D eigenvalue weighted by molar-refractivity contribution is 0.0919. The van der Waals surface area contributed by atoms with E-state index in [1.807, 2.05) is 0 Å². The highest BCUT2D eigenvalue weighted by molar-refractivity contribution is 6.35. The zero-order valence-electron chi connectivity index (χ0n) is 11.0. The average Bonchev–Trinajstić information content (AvgIpc) is 2.40. The van der Waals surface area contributed by atoms with Crippen LogP contribution in [0.25, 0.3) is 0 Å². The number of halogens is 2. The summed E-state index contributed by atoms with van der Waals surface area (Å²) in [6, 6.07) is 1.50. The summed E-state index contributed by atoms with van der Waals surface area (Å²) in [5.74, 6) is -0.180. The van der Waals surface area contributed by atoms with Gasteiger partial charge in [0, 0.05) is 12.7 Å². The number of nitrogens with zero attached hydrogens (tertiary/aromatic N) is 1. The number of hydrogen-bond donors (Lipinski definition) is 1. The molecule has 1 aromatic heterocycles. The molecule has 1 N–H and O–H groups in total. The first-order valence-electron chi connectivity index (χ1n) is 6.59. The van der Waals surface area contributed by atoms with E-state index in [4.69, 9.17) is 23.2 Å². The summed E-state index contributed by atoms with van der Waals surface area (Å²) in [4.78, 5) is 16.0. The molecule has 1 saturated carbocycles. The summed E-state index contributed by atoms with van der Waals surface area (Å²) in [5, 5.41) is 3.57. The predicted octanol–water partition coefficient (Wildman–Crippen LogP) is 4.09. The molecule has 0 unspecified atom stereocenters. The van der Waals surface area contributed by atoms with Crippen molar-refractivity contribution in [2.45, 2.75) is 39.0 Å². The Hall–Kier alpha value is -0.800. The molecular formula is C14H18Cl2N2O. The third-order valence-corrected chi connectivity index (χ3v) is 4.31. The van der Waals surface area contributed by atoms with E-state index in [0.29, 0.717) is 17.1 Å². The van der Waals surface area contributed by atoms with E-state index in [1.54, 1.807) is 0 Å². The van der Waals surface area contributed by atoms with Crippen molar-refractivity contribution in [1.29, 1.82) is 0 Å². The lowest BCUT2D eigenvalue weighted by atomic mass is 9.76. The first-order valence-corrected chi connectivity index (χ1v) is 7.35. The highest BCUT2D eigenvalue weighted by Gasteiger charge is 2.27. The number of carbonyl (C=O) groups is 1. The number of carbonyl (C=O) groups excluding carboxylic acids is 1. The highest BCUT2D eigenvalue weighted by Crippen LogP contribution is 2.35. The van der Waals surface area contributed by atoms with Crippen molar-refractivity contribution < 1.29 is 4.79 Å². The van der Waals surface area contributed by atoms with Gasteiger partial charge >= 0.3 is 0 Å². The van der Waals surface area contributed by atoms with E-state index in [1.165, 1.54) is 31.5 Å². The lowest BCUT2D eigenvalue weighted by Gasteiger charge is -2.33. The van der Waals surface area contributed by atoms with E-state index in [2.05, 4.69) is 17.2 Å². The van der Waals surface area contributed by atoms with Gasteiger partial charge in [0.05, 0.1) is 10.6 Å². The van der Waals surface area contributed by atoms with Gasteiger partial charge in [0.2, 0.25) is 0 Å². The van der Waals surface area contributed by atoms with Gasteiger partial charge in [0.1, 0.15) is 5.15 Å². The van der Waals surface area contributed by atoms with Crippen molar-refractivity contribution in [3.63, 3.8) is 0 Å². The maximum atomic E-state index is 12.1. The van der Waals surface area contributed by atoms with Crippen LogP contribution in [0.15, 0.2) is 12.3 Å². The molecule has 0 bridgehead atoms. The molecule has 1 fully saturated rings. The minimum absolute atomic E-state index is 0.180. The zero-order valence-corrected chi connectivity index (χ0v) is 12.5. The molecule has 0 saturated heterocycles. The van der Waals surface area contributed by atoms with Gasteiger partial charge in [0.25, 0.3) is 5.91 Å². The van der Waals surface area contributed by atoms with E-state index in [9.17, 15) is 4.79 Å². The van der Waals surface area contributed by atoms with Crippen LogP contribution in [0.5, 0.6) is 0 Å². The fraction of sp³-hybridized carbons (Fsp3) is 0.571. The van der Waals surface area contributed by atoms with Gasteiger partial charge in [-0.1, -0.05) is 49.4 Å². The topological polar surface area (TPSA) is 42.0 Å². The van der Waals surface area contributed by atoms with E-state index in [-0.39, 0.29) is 16.5 Å². The van der Waals surface area contributed by atoms with Gasteiger partial charge in [-0.25, -0.2) is 4.98 Å². The quantitative estimate of drug-likeness (QED) is 0.854.